The standard InChI is InChI=1S/C16H17N3O3S/c1-11-5-4-6-15(13(11)3)19-8-7-17-16(19)23(20,21)10-14-9-12(2)18-22-14/h4-9H,10H2,1-3H3. The second kappa shape index (κ2) is 5.66. The molecule has 0 bridgehead atoms. The molecule has 0 aliphatic heterocycles. The molecule has 120 valence electrons. The van der Waals surface area contributed by atoms with Crippen LogP contribution in [0.25, 0.3) is 5.69 Å². The zero-order chi connectivity index (χ0) is 16.6. The quantitative estimate of drug-likeness (QED) is 0.734. The highest BCUT2D eigenvalue weighted by Gasteiger charge is 2.24. The van der Waals surface area contributed by atoms with E-state index in [0.29, 0.717) is 11.5 Å². The molecule has 0 spiro atoms. The molecule has 6 nitrogen and oxygen atoms in total. The van der Waals surface area contributed by atoms with E-state index in [-0.39, 0.29) is 10.9 Å². The van der Waals surface area contributed by atoms with Crippen LogP contribution in [-0.2, 0) is 15.6 Å². The summed E-state index contributed by atoms with van der Waals surface area (Å²) in [6.07, 6.45) is 3.14. The van der Waals surface area contributed by atoms with Crippen molar-refractivity contribution >= 4 is 9.84 Å². The van der Waals surface area contributed by atoms with Gasteiger partial charge in [-0.05, 0) is 38.0 Å². The zero-order valence-electron chi connectivity index (χ0n) is 13.1. The minimum absolute atomic E-state index is 0.000234. The van der Waals surface area contributed by atoms with E-state index in [1.54, 1.807) is 23.8 Å². The van der Waals surface area contributed by atoms with Gasteiger partial charge in [-0.1, -0.05) is 17.3 Å². The Morgan fingerprint density at radius 3 is 2.70 bits per heavy atom. The number of sulfone groups is 1. The molecule has 2 heterocycles. The number of benzene rings is 1. The molecule has 0 unspecified atom stereocenters. The Morgan fingerprint density at radius 2 is 2.00 bits per heavy atom. The summed E-state index contributed by atoms with van der Waals surface area (Å²) in [4.78, 5) is 4.05. The van der Waals surface area contributed by atoms with Gasteiger partial charge < -0.3 is 4.52 Å². The highest BCUT2D eigenvalue weighted by molar-refractivity contribution is 7.90. The van der Waals surface area contributed by atoms with Crippen molar-refractivity contribution < 1.29 is 12.9 Å². The largest absolute Gasteiger partial charge is 0.360 e. The third-order valence-corrected chi connectivity index (χ3v) is 5.25. The van der Waals surface area contributed by atoms with E-state index in [0.717, 1.165) is 16.8 Å². The minimum atomic E-state index is -3.65. The van der Waals surface area contributed by atoms with Gasteiger partial charge in [-0.2, -0.15) is 0 Å². The van der Waals surface area contributed by atoms with Gasteiger partial charge >= 0.3 is 0 Å². The maximum absolute atomic E-state index is 12.7. The van der Waals surface area contributed by atoms with E-state index in [2.05, 4.69) is 10.1 Å². The fourth-order valence-electron chi connectivity index (χ4n) is 2.44. The number of hydrogen-bond acceptors (Lipinski definition) is 5. The summed E-state index contributed by atoms with van der Waals surface area (Å²) in [6.45, 7) is 5.69. The summed E-state index contributed by atoms with van der Waals surface area (Å²) in [5, 5.41) is 3.72. The Kier molecular flexibility index (Phi) is 3.81. The summed E-state index contributed by atoms with van der Waals surface area (Å²) >= 11 is 0. The molecule has 0 radical (unpaired) electrons. The monoisotopic (exact) mass is 331 g/mol. The second-order valence-electron chi connectivity index (χ2n) is 5.49. The first-order valence-corrected chi connectivity index (χ1v) is 8.78. The van der Waals surface area contributed by atoms with Crippen LogP contribution in [0.5, 0.6) is 0 Å². The lowest BCUT2D eigenvalue weighted by Crippen LogP contribution is -2.12. The van der Waals surface area contributed by atoms with E-state index < -0.39 is 9.84 Å². The van der Waals surface area contributed by atoms with E-state index in [4.69, 9.17) is 4.52 Å². The van der Waals surface area contributed by atoms with Gasteiger partial charge in [-0.25, -0.2) is 13.4 Å². The van der Waals surface area contributed by atoms with Gasteiger partial charge in [0.25, 0.3) is 0 Å². The van der Waals surface area contributed by atoms with Gasteiger partial charge in [-0.3, -0.25) is 4.57 Å². The second-order valence-corrected chi connectivity index (χ2v) is 7.38. The van der Waals surface area contributed by atoms with Gasteiger partial charge in [0, 0.05) is 18.5 Å². The van der Waals surface area contributed by atoms with Crippen molar-refractivity contribution in [1.29, 1.82) is 0 Å². The van der Waals surface area contributed by atoms with Crippen LogP contribution in [0.3, 0.4) is 0 Å². The summed E-state index contributed by atoms with van der Waals surface area (Å²) in [7, 11) is -3.65. The number of aryl methyl sites for hydroxylation is 2. The van der Waals surface area contributed by atoms with Crippen LogP contribution < -0.4 is 0 Å². The highest BCUT2D eigenvalue weighted by atomic mass is 32.2. The normalized spacial score (nSPS) is 11.8. The molecule has 0 aliphatic carbocycles. The van der Waals surface area contributed by atoms with Crippen LogP contribution in [0.1, 0.15) is 22.6 Å². The van der Waals surface area contributed by atoms with E-state index in [1.165, 1.54) is 6.20 Å². The maximum atomic E-state index is 12.7. The number of rotatable bonds is 4. The molecule has 0 saturated heterocycles. The Morgan fingerprint density at radius 1 is 1.22 bits per heavy atom. The first-order valence-electron chi connectivity index (χ1n) is 7.13. The van der Waals surface area contributed by atoms with Crippen molar-refractivity contribution in [1.82, 2.24) is 14.7 Å². The minimum Gasteiger partial charge on any atom is -0.360 e. The molecular formula is C16H17N3O3S. The molecule has 23 heavy (non-hydrogen) atoms. The van der Waals surface area contributed by atoms with Gasteiger partial charge in [0.15, 0.2) is 5.76 Å². The molecule has 7 heteroatoms. The Bertz CT molecular complexity index is 955. The number of hydrogen-bond donors (Lipinski definition) is 0. The van der Waals surface area contributed by atoms with Crippen molar-refractivity contribution in [2.45, 2.75) is 31.7 Å². The summed E-state index contributed by atoms with van der Waals surface area (Å²) in [5.41, 5.74) is 3.55. The zero-order valence-corrected chi connectivity index (χ0v) is 14.0. The Hall–Kier alpha value is -2.41. The first kappa shape index (κ1) is 15.5. The molecule has 0 fully saturated rings. The lowest BCUT2D eigenvalue weighted by atomic mass is 10.1. The summed E-state index contributed by atoms with van der Waals surface area (Å²) < 4.78 is 32.0. The fourth-order valence-corrected chi connectivity index (χ4v) is 3.76. The Labute approximate surface area is 134 Å². The van der Waals surface area contributed by atoms with E-state index in [9.17, 15) is 8.42 Å². The first-order chi connectivity index (χ1) is 10.9. The predicted molar refractivity (Wildman–Crippen MR) is 85.2 cm³/mol. The van der Waals surface area contributed by atoms with E-state index >= 15 is 0 Å². The van der Waals surface area contributed by atoms with Gasteiger partial charge in [-0.15, -0.1) is 0 Å². The van der Waals surface area contributed by atoms with Crippen molar-refractivity contribution in [3.63, 3.8) is 0 Å². The molecule has 3 rings (SSSR count). The molecule has 0 amide bonds. The van der Waals surface area contributed by atoms with Crippen LogP contribution in [0.2, 0.25) is 0 Å². The fraction of sp³-hybridized carbons (Fsp3) is 0.250. The molecule has 3 aromatic rings. The van der Waals surface area contributed by atoms with Gasteiger partial charge in [0.1, 0.15) is 5.75 Å². The lowest BCUT2D eigenvalue weighted by molar-refractivity contribution is 0.388. The topological polar surface area (TPSA) is 78.0 Å². The molecular weight excluding hydrogens is 314 g/mol. The van der Waals surface area contributed by atoms with Crippen molar-refractivity contribution in [2.75, 3.05) is 0 Å². The molecule has 0 saturated carbocycles. The average Bonchev–Trinajstić information content (AvgIpc) is 3.11. The van der Waals surface area contributed by atoms with Crippen LogP contribution in [0.15, 0.2) is 46.3 Å². The van der Waals surface area contributed by atoms with Crippen LogP contribution in [-0.4, -0.2) is 23.1 Å². The van der Waals surface area contributed by atoms with Gasteiger partial charge in [0.2, 0.25) is 15.0 Å². The number of imidazole rings is 1. The number of nitrogens with zero attached hydrogens (tertiary/aromatic N) is 3. The SMILES string of the molecule is Cc1cc(CS(=O)(=O)c2nccn2-c2cccc(C)c2C)on1. The van der Waals surface area contributed by atoms with Crippen LogP contribution in [0, 0.1) is 20.8 Å². The predicted octanol–water partition coefficient (Wildman–Crippen LogP) is 2.76. The molecule has 0 atom stereocenters. The highest BCUT2D eigenvalue weighted by Crippen LogP contribution is 2.23. The molecule has 2 aromatic heterocycles. The maximum Gasteiger partial charge on any atom is 0.232 e. The number of aromatic nitrogens is 3. The Balaban J connectivity index is 2.05. The van der Waals surface area contributed by atoms with Crippen LogP contribution in [0.4, 0.5) is 0 Å². The third kappa shape index (κ3) is 2.92. The molecule has 1 aromatic carbocycles. The average molecular weight is 331 g/mol. The van der Waals surface area contributed by atoms with E-state index in [1.807, 2.05) is 32.0 Å². The van der Waals surface area contributed by atoms with Crippen LogP contribution >= 0.6 is 0 Å². The van der Waals surface area contributed by atoms with Crippen molar-refractivity contribution in [3.05, 3.63) is 59.2 Å². The third-order valence-electron chi connectivity index (χ3n) is 3.73. The van der Waals surface area contributed by atoms with Gasteiger partial charge in [0.05, 0.1) is 11.4 Å². The van der Waals surface area contributed by atoms with Crippen molar-refractivity contribution in [2.24, 2.45) is 0 Å². The lowest BCUT2D eigenvalue weighted by Gasteiger charge is -2.12. The molecule has 0 N–H and O–H groups in total. The summed E-state index contributed by atoms with van der Waals surface area (Å²) in [5.74, 6) is 0.0356. The van der Waals surface area contributed by atoms with Crippen molar-refractivity contribution in [3.8, 4) is 5.69 Å². The molecule has 0 aliphatic rings. The smallest absolute Gasteiger partial charge is 0.232 e. The summed E-state index contributed by atoms with van der Waals surface area (Å²) in [6, 6.07) is 7.37.